The van der Waals surface area contributed by atoms with E-state index in [0.717, 1.165) is 40.2 Å². The Hall–Kier alpha value is -2.08. The van der Waals surface area contributed by atoms with Gasteiger partial charge in [-0.1, -0.05) is 66.8 Å². The van der Waals surface area contributed by atoms with Gasteiger partial charge in [0.1, 0.15) is 0 Å². The van der Waals surface area contributed by atoms with Gasteiger partial charge in [-0.3, -0.25) is 9.63 Å². The topological polar surface area (TPSA) is 54.1 Å². The highest BCUT2D eigenvalue weighted by Gasteiger charge is 2.23. The largest absolute Gasteiger partial charge is 0.313 e. The molecule has 1 aromatic heterocycles. The second kappa shape index (κ2) is 8.54. The van der Waals surface area contributed by atoms with Crippen LogP contribution < -0.4 is 5.48 Å². The molecule has 136 valence electrons. The van der Waals surface area contributed by atoms with E-state index in [-0.39, 0.29) is 11.8 Å². The molecule has 26 heavy (non-hydrogen) atoms. The smallest absolute Gasteiger partial charge is 0.274 e. The van der Waals surface area contributed by atoms with Crippen molar-refractivity contribution >= 4 is 29.0 Å². The SMILES string of the molecule is CCCc1cccc(C(c2cccc(C(=O)NOC)c2)c2cs[nH]2)c1Cl. The Labute approximate surface area is 162 Å². The van der Waals surface area contributed by atoms with Crippen LogP contribution in [0.25, 0.3) is 0 Å². The molecule has 2 aromatic carbocycles. The standard InChI is InChI=1S/C20H21ClN2O2S/c1-3-6-13-7-5-10-16(19(13)21)18(17-12-26-23-17)14-8-4-9-15(11-14)20(24)22-25-2/h4-5,7-12,18,23H,3,6H2,1-2H3,(H,22,24). The minimum atomic E-state index is -0.274. The van der Waals surface area contributed by atoms with E-state index in [1.54, 1.807) is 17.6 Å². The minimum Gasteiger partial charge on any atom is -0.313 e. The maximum atomic E-state index is 12.1. The predicted octanol–water partition coefficient (Wildman–Crippen LogP) is 5.15. The zero-order chi connectivity index (χ0) is 18.5. The van der Waals surface area contributed by atoms with Crippen LogP contribution in [0, 0.1) is 0 Å². The predicted molar refractivity (Wildman–Crippen MR) is 106 cm³/mol. The average Bonchev–Trinajstić information content (AvgIpc) is 2.61. The number of H-pyrrole nitrogens is 1. The van der Waals surface area contributed by atoms with E-state index in [4.69, 9.17) is 16.4 Å². The zero-order valence-electron chi connectivity index (χ0n) is 14.7. The third-order valence-electron chi connectivity index (χ3n) is 4.29. The highest BCUT2D eigenvalue weighted by molar-refractivity contribution is 7.04. The summed E-state index contributed by atoms with van der Waals surface area (Å²) in [5.74, 6) is -0.320. The van der Waals surface area contributed by atoms with Gasteiger partial charge >= 0.3 is 0 Å². The number of aromatic amines is 1. The summed E-state index contributed by atoms with van der Waals surface area (Å²) in [5.41, 5.74) is 7.18. The molecule has 3 aromatic rings. The molecule has 2 N–H and O–H groups in total. The first-order valence-corrected chi connectivity index (χ1v) is 9.73. The van der Waals surface area contributed by atoms with E-state index in [1.807, 2.05) is 24.3 Å². The van der Waals surface area contributed by atoms with Crippen LogP contribution >= 0.6 is 23.1 Å². The molecule has 6 heteroatoms. The van der Waals surface area contributed by atoms with Crippen LogP contribution in [0.5, 0.6) is 0 Å². The van der Waals surface area contributed by atoms with Crippen molar-refractivity contribution in [3.05, 3.63) is 80.8 Å². The molecule has 0 aliphatic rings. The second-order valence-corrected chi connectivity index (χ2v) is 7.11. The van der Waals surface area contributed by atoms with Crippen LogP contribution in [-0.4, -0.2) is 17.4 Å². The normalized spacial score (nSPS) is 12.1. The number of hydrogen-bond acceptors (Lipinski definition) is 3. The van der Waals surface area contributed by atoms with Crippen molar-refractivity contribution in [2.45, 2.75) is 25.7 Å². The first-order chi connectivity index (χ1) is 12.7. The fraction of sp³-hybridized carbons (Fsp3) is 0.250. The molecule has 1 amide bonds. The summed E-state index contributed by atoms with van der Waals surface area (Å²) in [6.45, 7) is 2.14. The molecule has 0 bridgehead atoms. The summed E-state index contributed by atoms with van der Waals surface area (Å²) in [6.07, 6.45) is 1.98. The van der Waals surface area contributed by atoms with Crippen LogP contribution in [0.1, 0.15) is 52.0 Å². The van der Waals surface area contributed by atoms with Gasteiger partial charge in [-0.05, 0) is 35.2 Å². The molecule has 1 heterocycles. The van der Waals surface area contributed by atoms with Gasteiger partial charge < -0.3 is 4.37 Å². The number of carbonyl (C=O) groups is 1. The number of benzene rings is 2. The molecular weight excluding hydrogens is 368 g/mol. The lowest BCUT2D eigenvalue weighted by Gasteiger charge is -2.22. The lowest BCUT2D eigenvalue weighted by molar-refractivity contribution is 0.0537. The number of hydrogen-bond donors (Lipinski definition) is 2. The van der Waals surface area contributed by atoms with Crippen LogP contribution in [0.3, 0.4) is 0 Å². The van der Waals surface area contributed by atoms with E-state index >= 15 is 0 Å². The van der Waals surface area contributed by atoms with E-state index < -0.39 is 0 Å². The van der Waals surface area contributed by atoms with Gasteiger partial charge in [0.05, 0.1) is 13.0 Å². The molecule has 0 saturated heterocycles. The lowest BCUT2D eigenvalue weighted by Crippen LogP contribution is -2.22. The number of aryl methyl sites for hydroxylation is 1. The molecule has 0 fully saturated rings. The molecule has 1 atom stereocenters. The number of halogens is 1. The Bertz CT molecular complexity index is 878. The molecule has 4 nitrogen and oxygen atoms in total. The van der Waals surface area contributed by atoms with E-state index in [1.165, 1.54) is 7.11 Å². The highest BCUT2D eigenvalue weighted by Crippen LogP contribution is 2.38. The highest BCUT2D eigenvalue weighted by atomic mass is 35.5. The number of carbonyl (C=O) groups excluding carboxylic acids is 1. The molecular formula is C20H21ClN2O2S. The second-order valence-electron chi connectivity index (χ2n) is 6.06. The Morgan fingerprint density at radius 2 is 2.08 bits per heavy atom. The van der Waals surface area contributed by atoms with E-state index in [2.05, 4.69) is 34.3 Å². The van der Waals surface area contributed by atoms with Crippen molar-refractivity contribution in [3.8, 4) is 0 Å². The first kappa shape index (κ1) is 18.7. The quantitative estimate of drug-likeness (QED) is 0.549. The van der Waals surface area contributed by atoms with Crippen LogP contribution in [0.4, 0.5) is 0 Å². The minimum absolute atomic E-state index is 0.0455. The molecule has 0 aliphatic carbocycles. The van der Waals surface area contributed by atoms with Gasteiger partial charge in [-0.15, -0.1) is 0 Å². The summed E-state index contributed by atoms with van der Waals surface area (Å²) in [4.78, 5) is 16.9. The van der Waals surface area contributed by atoms with Crippen molar-refractivity contribution in [1.29, 1.82) is 0 Å². The third kappa shape index (κ3) is 3.85. The Morgan fingerprint density at radius 3 is 2.73 bits per heavy atom. The van der Waals surface area contributed by atoms with Gasteiger partial charge in [0, 0.05) is 21.7 Å². The van der Waals surface area contributed by atoms with Crippen molar-refractivity contribution in [2.75, 3.05) is 7.11 Å². The Kier molecular flexibility index (Phi) is 6.14. The lowest BCUT2D eigenvalue weighted by atomic mass is 9.87. The average molecular weight is 389 g/mol. The summed E-state index contributed by atoms with van der Waals surface area (Å²) >= 11 is 8.30. The van der Waals surface area contributed by atoms with Crippen molar-refractivity contribution in [2.24, 2.45) is 0 Å². The molecule has 0 aliphatic heterocycles. The van der Waals surface area contributed by atoms with Crippen molar-refractivity contribution < 1.29 is 9.63 Å². The summed E-state index contributed by atoms with van der Waals surface area (Å²) < 4.78 is 3.29. The van der Waals surface area contributed by atoms with Crippen molar-refractivity contribution in [1.82, 2.24) is 9.85 Å². The molecule has 0 spiro atoms. The van der Waals surface area contributed by atoms with Gasteiger partial charge in [-0.2, -0.15) is 0 Å². The first-order valence-electron chi connectivity index (χ1n) is 8.48. The number of aromatic nitrogens is 1. The third-order valence-corrected chi connectivity index (χ3v) is 5.48. The Morgan fingerprint density at radius 1 is 1.31 bits per heavy atom. The summed E-state index contributed by atoms with van der Waals surface area (Å²) in [7, 11) is 1.42. The monoisotopic (exact) mass is 388 g/mol. The zero-order valence-corrected chi connectivity index (χ0v) is 16.3. The number of nitrogens with one attached hydrogen (secondary N) is 2. The Balaban J connectivity index is 2.06. The number of amides is 1. The molecule has 0 saturated carbocycles. The van der Waals surface area contributed by atoms with Gasteiger partial charge in [0.2, 0.25) is 0 Å². The van der Waals surface area contributed by atoms with Gasteiger partial charge in [0.15, 0.2) is 0 Å². The fourth-order valence-electron chi connectivity index (χ4n) is 3.08. The molecule has 3 rings (SSSR count). The fourth-order valence-corrected chi connectivity index (χ4v) is 3.91. The van der Waals surface area contributed by atoms with E-state index in [0.29, 0.717) is 5.56 Å². The number of hydroxylamine groups is 1. The number of rotatable bonds is 7. The maximum Gasteiger partial charge on any atom is 0.274 e. The molecule has 1 unspecified atom stereocenters. The van der Waals surface area contributed by atoms with Crippen LogP contribution in [0.15, 0.2) is 47.8 Å². The maximum absolute atomic E-state index is 12.1. The molecule has 0 radical (unpaired) electrons. The van der Waals surface area contributed by atoms with Crippen LogP contribution in [0.2, 0.25) is 5.02 Å². The van der Waals surface area contributed by atoms with Crippen molar-refractivity contribution in [3.63, 3.8) is 0 Å². The van der Waals surface area contributed by atoms with Gasteiger partial charge in [-0.25, -0.2) is 5.48 Å². The van der Waals surface area contributed by atoms with Gasteiger partial charge in [0.25, 0.3) is 5.91 Å². The van der Waals surface area contributed by atoms with E-state index in [9.17, 15) is 4.79 Å². The van der Waals surface area contributed by atoms with Crippen LogP contribution in [-0.2, 0) is 11.3 Å². The summed E-state index contributed by atoms with van der Waals surface area (Å²) in [5, 5.41) is 2.88. The summed E-state index contributed by atoms with van der Waals surface area (Å²) in [6, 6.07) is 13.7.